The molecule has 0 aliphatic heterocycles. The van der Waals surface area contributed by atoms with Crippen LogP contribution in [0.25, 0.3) is 0 Å². The van der Waals surface area contributed by atoms with Crippen LogP contribution in [0.15, 0.2) is 71.8 Å². The van der Waals surface area contributed by atoms with E-state index in [1.807, 2.05) is 19.9 Å². The van der Waals surface area contributed by atoms with Gasteiger partial charge in [0.2, 0.25) is 0 Å². The van der Waals surface area contributed by atoms with Gasteiger partial charge < -0.3 is 10.1 Å². The van der Waals surface area contributed by atoms with Gasteiger partial charge in [0.1, 0.15) is 18.2 Å². The van der Waals surface area contributed by atoms with Crippen LogP contribution in [0.2, 0.25) is 0 Å². The highest BCUT2D eigenvalue weighted by atomic mass is 19.1. The van der Waals surface area contributed by atoms with Crippen molar-refractivity contribution in [1.29, 1.82) is 0 Å². The molecule has 0 radical (unpaired) electrons. The maximum absolute atomic E-state index is 13.2. The second-order valence-electron chi connectivity index (χ2n) is 6.89. The number of hydrogen-bond donors (Lipinski definition) is 2. The Balaban J connectivity index is 1.54. The van der Waals surface area contributed by atoms with Crippen LogP contribution in [-0.2, 0) is 16.2 Å². The molecule has 31 heavy (non-hydrogen) atoms. The van der Waals surface area contributed by atoms with Gasteiger partial charge in [-0.15, -0.1) is 0 Å². The number of aryl methyl sites for hydroxylation is 1. The summed E-state index contributed by atoms with van der Waals surface area (Å²) in [4.78, 5) is 24.1. The molecule has 158 valence electrons. The molecule has 3 rings (SSSR count). The van der Waals surface area contributed by atoms with Crippen LogP contribution in [0, 0.1) is 19.7 Å². The number of rotatable bonds is 6. The molecule has 0 saturated heterocycles. The number of hydrogen-bond acceptors (Lipinski definition) is 4. The molecule has 7 heteroatoms. The third kappa shape index (κ3) is 6.24. The van der Waals surface area contributed by atoms with Crippen molar-refractivity contribution in [3.05, 3.63) is 94.8 Å². The summed E-state index contributed by atoms with van der Waals surface area (Å²) in [6.07, 6.45) is 1.40. The summed E-state index contributed by atoms with van der Waals surface area (Å²) in [5.74, 6) is -1.44. The maximum atomic E-state index is 13.2. The molecule has 0 aromatic heterocycles. The van der Waals surface area contributed by atoms with Crippen LogP contribution < -0.4 is 15.5 Å². The fourth-order valence-electron chi connectivity index (χ4n) is 2.76. The number of halogens is 1. The van der Waals surface area contributed by atoms with E-state index in [1.54, 1.807) is 48.5 Å². The SMILES string of the molecule is Cc1cccc(NC(=O)C(=O)N/N=C\c2cccc(OCc3cccc(F)c3)c2)c1C. The average molecular weight is 419 g/mol. The number of anilines is 1. The molecule has 2 N–H and O–H groups in total. The van der Waals surface area contributed by atoms with Gasteiger partial charge in [0.25, 0.3) is 0 Å². The molecule has 0 bridgehead atoms. The van der Waals surface area contributed by atoms with Gasteiger partial charge in [-0.2, -0.15) is 5.10 Å². The molecule has 0 aliphatic carbocycles. The van der Waals surface area contributed by atoms with Crippen molar-refractivity contribution < 1.29 is 18.7 Å². The molecule has 0 unspecified atom stereocenters. The molecule has 3 aromatic carbocycles. The first-order valence-electron chi connectivity index (χ1n) is 9.60. The van der Waals surface area contributed by atoms with Crippen LogP contribution in [0.3, 0.4) is 0 Å². The standard InChI is InChI=1S/C24H22FN3O3/c1-16-6-3-11-22(17(16)2)27-23(29)24(30)28-26-14-18-7-5-10-21(13-18)31-15-19-8-4-9-20(25)12-19/h3-14H,15H2,1-2H3,(H,27,29)(H,28,30)/b26-14-. The lowest BCUT2D eigenvalue weighted by Crippen LogP contribution is -2.32. The van der Waals surface area contributed by atoms with Crippen molar-refractivity contribution >= 4 is 23.7 Å². The van der Waals surface area contributed by atoms with Crippen LogP contribution in [0.5, 0.6) is 5.75 Å². The summed E-state index contributed by atoms with van der Waals surface area (Å²) < 4.78 is 18.9. The number of ether oxygens (including phenoxy) is 1. The predicted octanol–water partition coefficient (Wildman–Crippen LogP) is 4.11. The van der Waals surface area contributed by atoms with Crippen molar-refractivity contribution in [2.24, 2.45) is 5.10 Å². The second kappa shape index (κ2) is 10.2. The Bertz CT molecular complexity index is 1130. The number of hydrazone groups is 1. The van der Waals surface area contributed by atoms with Crippen LogP contribution in [-0.4, -0.2) is 18.0 Å². The number of nitrogens with one attached hydrogen (secondary N) is 2. The lowest BCUT2D eigenvalue weighted by atomic mass is 10.1. The van der Waals surface area contributed by atoms with Crippen molar-refractivity contribution in [3.8, 4) is 5.75 Å². The van der Waals surface area contributed by atoms with E-state index >= 15 is 0 Å². The molecular formula is C24H22FN3O3. The zero-order chi connectivity index (χ0) is 22.2. The summed E-state index contributed by atoms with van der Waals surface area (Å²) >= 11 is 0. The van der Waals surface area contributed by atoms with E-state index in [2.05, 4.69) is 15.8 Å². The Kier molecular flexibility index (Phi) is 7.11. The van der Waals surface area contributed by atoms with E-state index in [9.17, 15) is 14.0 Å². The Morgan fingerprint density at radius 1 is 1.00 bits per heavy atom. The van der Waals surface area contributed by atoms with Gasteiger partial charge in [0, 0.05) is 5.69 Å². The molecular weight excluding hydrogens is 397 g/mol. The molecule has 0 spiro atoms. The highest BCUT2D eigenvalue weighted by Crippen LogP contribution is 2.18. The normalized spacial score (nSPS) is 10.7. The van der Waals surface area contributed by atoms with E-state index in [1.165, 1.54) is 18.3 Å². The summed E-state index contributed by atoms with van der Waals surface area (Å²) in [5, 5.41) is 6.40. The second-order valence-corrected chi connectivity index (χ2v) is 6.89. The van der Waals surface area contributed by atoms with Crippen molar-refractivity contribution in [2.75, 3.05) is 5.32 Å². The summed E-state index contributed by atoms with van der Waals surface area (Å²) in [6, 6.07) is 18.6. The van der Waals surface area contributed by atoms with Crippen molar-refractivity contribution in [1.82, 2.24) is 5.43 Å². The van der Waals surface area contributed by atoms with E-state index in [-0.39, 0.29) is 12.4 Å². The van der Waals surface area contributed by atoms with Gasteiger partial charge in [-0.3, -0.25) is 9.59 Å². The Labute approximate surface area is 179 Å². The van der Waals surface area contributed by atoms with E-state index in [0.717, 1.165) is 11.1 Å². The molecule has 0 atom stereocenters. The first kappa shape index (κ1) is 21.7. The Morgan fingerprint density at radius 3 is 2.58 bits per heavy atom. The lowest BCUT2D eigenvalue weighted by Gasteiger charge is -2.09. The number of nitrogens with zero attached hydrogens (tertiary/aromatic N) is 1. The highest BCUT2D eigenvalue weighted by molar-refractivity contribution is 6.39. The average Bonchev–Trinajstić information content (AvgIpc) is 2.76. The van der Waals surface area contributed by atoms with Crippen LogP contribution in [0.4, 0.5) is 10.1 Å². The van der Waals surface area contributed by atoms with Crippen molar-refractivity contribution in [3.63, 3.8) is 0 Å². The number of carbonyl (C=O) groups excluding carboxylic acids is 2. The van der Waals surface area contributed by atoms with Gasteiger partial charge in [-0.25, -0.2) is 9.82 Å². The quantitative estimate of drug-likeness (QED) is 0.359. The van der Waals surface area contributed by atoms with Gasteiger partial charge >= 0.3 is 11.8 Å². The third-order valence-corrected chi connectivity index (χ3v) is 4.59. The van der Waals surface area contributed by atoms with E-state index in [4.69, 9.17) is 4.74 Å². The molecule has 0 saturated carbocycles. The fourth-order valence-corrected chi connectivity index (χ4v) is 2.76. The smallest absolute Gasteiger partial charge is 0.329 e. The van der Waals surface area contributed by atoms with Crippen molar-refractivity contribution in [2.45, 2.75) is 20.5 Å². The molecule has 6 nitrogen and oxygen atoms in total. The first-order valence-corrected chi connectivity index (χ1v) is 9.60. The van der Waals surface area contributed by atoms with Gasteiger partial charge in [-0.1, -0.05) is 36.4 Å². The van der Waals surface area contributed by atoms with E-state index < -0.39 is 11.8 Å². The predicted molar refractivity (Wildman–Crippen MR) is 117 cm³/mol. The largest absolute Gasteiger partial charge is 0.489 e. The molecule has 2 amide bonds. The topological polar surface area (TPSA) is 79.8 Å². The summed E-state index contributed by atoms with van der Waals surface area (Å²) in [6.45, 7) is 4.00. The zero-order valence-electron chi connectivity index (χ0n) is 17.2. The fraction of sp³-hybridized carbons (Fsp3) is 0.125. The number of amides is 2. The summed E-state index contributed by atoms with van der Waals surface area (Å²) in [5.41, 5.74) is 6.05. The van der Waals surface area contributed by atoms with Crippen LogP contribution in [0.1, 0.15) is 22.3 Å². The monoisotopic (exact) mass is 419 g/mol. The molecule has 0 fully saturated rings. The van der Waals surface area contributed by atoms with Gasteiger partial charge in [0.15, 0.2) is 0 Å². The third-order valence-electron chi connectivity index (χ3n) is 4.59. The Morgan fingerprint density at radius 2 is 1.77 bits per heavy atom. The minimum absolute atomic E-state index is 0.216. The van der Waals surface area contributed by atoms with Gasteiger partial charge in [0.05, 0.1) is 6.21 Å². The Hall–Kier alpha value is -4.00. The lowest BCUT2D eigenvalue weighted by molar-refractivity contribution is -0.136. The zero-order valence-corrected chi connectivity index (χ0v) is 17.2. The van der Waals surface area contributed by atoms with Crippen LogP contribution >= 0.6 is 0 Å². The summed E-state index contributed by atoms with van der Waals surface area (Å²) in [7, 11) is 0. The molecule has 0 aliphatic rings. The van der Waals surface area contributed by atoms with Gasteiger partial charge in [-0.05, 0) is 66.4 Å². The highest BCUT2D eigenvalue weighted by Gasteiger charge is 2.14. The molecule has 3 aromatic rings. The first-order chi connectivity index (χ1) is 14.9. The van der Waals surface area contributed by atoms with E-state index in [0.29, 0.717) is 22.6 Å². The minimum atomic E-state index is -0.879. The molecule has 0 heterocycles. The maximum Gasteiger partial charge on any atom is 0.329 e. The number of carbonyl (C=O) groups is 2. The minimum Gasteiger partial charge on any atom is -0.489 e. The number of benzene rings is 3.